The Balaban J connectivity index is 1.58. The average Bonchev–Trinajstić information content (AvgIpc) is 2.90. The second kappa shape index (κ2) is 8.64. The van der Waals surface area contributed by atoms with E-state index < -0.39 is 11.6 Å². The Bertz CT molecular complexity index is 863. The Hall–Kier alpha value is -2.37. The van der Waals surface area contributed by atoms with Gasteiger partial charge in [-0.15, -0.1) is 0 Å². The van der Waals surface area contributed by atoms with Crippen molar-refractivity contribution in [3.8, 4) is 0 Å². The van der Waals surface area contributed by atoms with Crippen LogP contribution in [0.25, 0.3) is 0 Å². The van der Waals surface area contributed by atoms with Crippen molar-refractivity contribution in [1.82, 2.24) is 15.5 Å². The molecule has 1 aliphatic heterocycles. The molecule has 2 fully saturated rings. The Morgan fingerprint density at radius 3 is 2.42 bits per heavy atom. The highest BCUT2D eigenvalue weighted by Crippen LogP contribution is 2.38. The summed E-state index contributed by atoms with van der Waals surface area (Å²) in [5.74, 6) is -0.456. The number of hydrogen-bond donors (Lipinski definition) is 2. The molecule has 6 heteroatoms. The number of aryl methyl sites for hydroxylation is 2. The van der Waals surface area contributed by atoms with Gasteiger partial charge in [0.25, 0.3) is 5.91 Å². The number of amides is 4. The lowest BCUT2D eigenvalue weighted by atomic mass is 9.73. The highest BCUT2D eigenvalue weighted by molar-refractivity contribution is 6.09. The molecule has 2 N–H and O–H groups in total. The molecule has 4 amide bonds. The van der Waals surface area contributed by atoms with E-state index in [1.165, 1.54) is 22.3 Å². The molecule has 6 nitrogen and oxygen atoms in total. The van der Waals surface area contributed by atoms with Crippen molar-refractivity contribution in [2.24, 2.45) is 5.92 Å². The molecule has 0 bridgehead atoms. The fraction of sp³-hybridized carbons (Fsp3) is 0.640. The summed E-state index contributed by atoms with van der Waals surface area (Å²) >= 11 is 0. The minimum atomic E-state index is -0.821. The van der Waals surface area contributed by atoms with Crippen LogP contribution in [0, 0.1) is 19.8 Å². The van der Waals surface area contributed by atoms with Crippen LogP contribution in [0.15, 0.2) is 12.1 Å². The quantitative estimate of drug-likeness (QED) is 0.703. The minimum absolute atomic E-state index is 0.0905. The molecule has 0 aromatic heterocycles. The van der Waals surface area contributed by atoms with Crippen LogP contribution in [0.3, 0.4) is 0 Å². The molecule has 1 saturated carbocycles. The standard InChI is InChI=1S/C25H37N3O3/c1-16-13-19(24(4,5)6)14-17(2)20(16)10-12-26-21(29)15-28-22(30)25(27-23(28)31)11-8-7-9-18(25)3/h13-14,18H,7-12,15H2,1-6H3,(H,26,29)(H,27,31)/t18-,25+/m0/s1. The van der Waals surface area contributed by atoms with E-state index >= 15 is 0 Å². The second-order valence-electron chi connectivity index (χ2n) is 10.4. The molecule has 1 aromatic carbocycles. The van der Waals surface area contributed by atoms with E-state index in [2.05, 4.69) is 57.4 Å². The molecule has 2 aliphatic rings. The molecule has 1 aromatic rings. The Kier molecular flexibility index (Phi) is 6.49. The summed E-state index contributed by atoms with van der Waals surface area (Å²) in [5.41, 5.74) is 4.26. The van der Waals surface area contributed by atoms with Crippen molar-refractivity contribution in [3.05, 3.63) is 34.4 Å². The van der Waals surface area contributed by atoms with Crippen molar-refractivity contribution < 1.29 is 14.4 Å². The Morgan fingerprint density at radius 2 is 1.84 bits per heavy atom. The zero-order chi connectivity index (χ0) is 23.0. The number of benzene rings is 1. The van der Waals surface area contributed by atoms with Crippen LogP contribution in [-0.4, -0.2) is 41.4 Å². The first-order valence-corrected chi connectivity index (χ1v) is 11.5. The molecule has 3 rings (SSSR count). The minimum Gasteiger partial charge on any atom is -0.354 e. The second-order valence-corrected chi connectivity index (χ2v) is 10.4. The van der Waals surface area contributed by atoms with Gasteiger partial charge in [-0.1, -0.05) is 52.7 Å². The van der Waals surface area contributed by atoms with Gasteiger partial charge in [-0.25, -0.2) is 4.79 Å². The van der Waals surface area contributed by atoms with E-state index in [4.69, 9.17) is 0 Å². The van der Waals surface area contributed by atoms with E-state index in [1.54, 1.807) is 0 Å². The van der Waals surface area contributed by atoms with Crippen molar-refractivity contribution in [1.29, 1.82) is 0 Å². The van der Waals surface area contributed by atoms with Crippen LogP contribution in [0.5, 0.6) is 0 Å². The largest absolute Gasteiger partial charge is 0.354 e. The van der Waals surface area contributed by atoms with Gasteiger partial charge in [0, 0.05) is 6.54 Å². The van der Waals surface area contributed by atoms with Gasteiger partial charge < -0.3 is 10.6 Å². The van der Waals surface area contributed by atoms with Crippen LogP contribution < -0.4 is 10.6 Å². The monoisotopic (exact) mass is 427 g/mol. The molecular formula is C25H37N3O3. The molecule has 0 unspecified atom stereocenters. The van der Waals surface area contributed by atoms with Crippen LogP contribution in [0.2, 0.25) is 0 Å². The Labute approximate surface area is 186 Å². The summed E-state index contributed by atoms with van der Waals surface area (Å²) in [7, 11) is 0. The number of carbonyl (C=O) groups excluding carboxylic acids is 3. The van der Waals surface area contributed by atoms with Crippen LogP contribution in [0.1, 0.15) is 75.6 Å². The van der Waals surface area contributed by atoms with Crippen molar-refractivity contribution in [3.63, 3.8) is 0 Å². The zero-order valence-electron chi connectivity index (χ0n) is 19.9. The molecule has 1 spiro atoms. The van der Waals surface area contributed by atoms with Crippen molar-refractivity contribution in [2.45, 2.75) is 84.6 Å². The summed E-state index contributed by atoms with van der Waals surface area (Å²) in [4.78, 5) is 39.0. The number of urea groups is 1. The summed E-state index contributed by atoms with van der Waals surface area (Å²) in [5, 5.41) is 5.78. The summed E-state index contributed by atoms with van der Waals surface area (Å²) in [6.45, 7) is 13.1. The summed E-state index contributed by atoms with van der Waals surface area (Å²) < 4.78 is 0. The topological polar surface area (TPSA) is 78.5 Å². The fourth-order valence-electron chi connectivity index (χ4n) is 4.99. The van der Waals surface area contributed by atoms with Crippen molar-refractivity contribution in [2.75, 3.05) is 13.1 Å². The maximum absolute atomic E-state index is 13.0. The highest BCUT2D eigenvalue weighted by Gasteiger charge is 2.55. The van der Waals surface area contributed by atoms with E-state index in [0.29, 0.717) is 13.0 Å². The van der Waals surface area contributed by atoms with Gasteiger partial charge in [0.05, 0.1) is 0 Å². The lowest BCUT2D eigenvalue weighted by molar-refractivity contribution is -0.137. The van der Waals surface area contributed by atoms with Gasteiger partial charge in [0.2, 0.25) is 5.91 Å². The maximum atomic E-state index is 13.0. The lowest BCUT2D eigenvalue weighted by Crippen LogP contribution is -2.54. The average molecular weight is 428 g/mol. The number of nitrogens with one attached hydrogen (secondary N) is 2. The highest BCUT2D eigenvalue weighted by atomic mass is 16.2. The first-order chi connectivity index (χ1) is 14.5. The third-order valence-electron chi connectivity index (χ3n) is 7.06. The van der Waals surface area contributed by atoms with Crippen molar-refractivity contribution >= 4 is 17.8 Å². The lowest BCUT2D eigenvalue weighted by Gasteiger charge is -2.36. The molecule has 170 valence electrons. The number of rotatable bonds is 5. The third kappa shape index (κ3) is 4.63. The number of nitrogens with zero attached hydrogens (tertiary/aromatic N) is 1. The van der Waals surface area contributed by atoms with Gasteiger partial charge >= 0.3 is 6.03 Å². The molecule has 31 heavy (non-hydrogen) atoms. The normalized spacial score (nSPS) is 23.9. The van der Waals surface area contributed by atoms with E-state index in [1.807, 2.05) is 6.92 Å². The Morgan fingerprint density at radius 1 is 1.19 bits per heavy atom. The SMILES string of the molecule is Cc1cc(C(C)(C)C)cc(C)c1CCNC(=O)CN1C(=O)N[C@@]2(CCCC[C@@H]2C)C1=O. The first-order valence-electron chi connectivity index (χ1n) is 11.5. The van der Waals surface area contributed by atoms with E-state index in [-0.39, 0.29) is 29.7 Å². The van der Waals surface area contributed by atoms with Gasteiger partial charge in [0.1, 0.15) is 12.1 Å². The third-order valence-corrected chi connectivity index (χ3v) is 7.06. The fourth-order valence-corrected chi connectivity index (χ4v) is 4.99. The predicted octanol–water partition coefficient (Wildman–Crippen LogP) is 3.76. The van der Waals surface area contributed by atoms with Gasteiger partial charge in [-0.2, -0.15) is 0 Å². The molecular weight excluding hydrogens is 390 g/mol. The maximum Gasteiger partial charge on any atom is 0.325 e. The number of imide groups is 1. The molecule has 1 heterocycles. The molecule has 0 radical (unpaired) electrons. The van der Waals surface area contributed by atoms with E-state index in [0.717, 1.165) is 30.6 Å². The van der Waals surface area contributed by atoms with Gasteiger partial charge in [-0.3, -0.25) is 14.5 Å². The zero-order valence-corrected chi connectivity index (χ0v) is 19.9. The smallest absolute Gasteiger partial charge is 0.325 e. The van der Waals surface area contributed by atoms with Crippen LogP contribution in [0.4, 0.5) is 4.79 Å². The summed E-state index contributed by atoms with van der Waals surface area (Å²) in [6.07, 6.45) is 4.28. The molecule has 2 atom stereocenters. The summed E-state index contributed by atoms with van der Waals surface area (Å²) in [6, 6.07) is 4.00. The van der Waals surface area contributed by atoms with Gasteiger partial charge in [0.15, 0.2) is 0 Å². The molecule has 1 saturated heterocycles. The van der Waals surface area contributed by atoms with E-state index in [9.17, 15) is 14.4 Å². The number of hydrogen-bond acceptors (Lipinski definition) is 3. The van der Waals surface area contributed by atoms with Crippen LogP contribution >= 0.6 is 0 Å². The van der Waals surface area contributed by atoms with Crippen LogP contribution in [-0.2, 0) is 21.4 Å². The predicted molar refractivity (Wildman–Crippen MR) is 122 cm³/mol. The first kappa shape index (κ1) is 23.3. The van der Waals surface area contributed by atoms with Gasteiger partial charge in [-0.05, 0) is 66.7 Å². The molecule has 1 aliphatic carbocycles. The number of carbonyl (C=O) groups is 3.